The van der Waals surface area contributed by atoms with E-state index in [1.54, 1.807) is 0 Å². The molecule has 2 heterocycles. The van der Waals surface area contributed by atoms with E-state index in [-0.39, 0.29) is 17.3 Å². The van der Waals surface area contributed by atoms with Crippen LogP contribution in [-0.4, -0.2) is 35.9 Å². The minimum absolute atomic E-state index is 0.107. The van der Waals surface area contributed by atoms with Crippen molar-refractivity contribution in [2.75, 3.05) is 17.7 Å². The van der Waals surface area contributed by atoms with Crippen molar-refractivity contribution in [3.05, 3.63) is 41.7 Å². The Labute approximate surface area is 122 Å². The second-order valence-corrected chi connectivity index (χ2v) is 6.95. The Morgan fingerprint density at radius 2 is 2.00 bits per heavy atom. The fraction of sp³-hybridized carbons (Fsp3) is 0.286. The van der Waals surface area contributed by atoms with Crippen molar-refractivity contribution in [3.8, 4) is 0 Å². The van der Waals surface area contributed by atoms with Gasteiger partial charge < -0.3 is 10.4 Å². The van der Waals surface area contributed by atoms with Crippen LogP contribution in [0.4, 0.5) is 11.6 Å². The number of aryl methyl sites for hydroxylation is 1. The first-order valence-electron chi connectivity index (χ1n) is 6.64. The fourth-order valence-corrected chi connectivity index (χ4v) is 3.66. The van der Waals surface area contributed by atoms with Gasteiger partial charge in [0.15, 0.2) is 9.84 Å². The normalized spacial score (nSPS) is 15.7. The Hall–Kier alpha value is -1.99. The lowest BCUT2D eigenvalue weighted by molar-refractivity contribution is 0.299. The predicted molar refractivity (Wildman–Crippen MR) is 78.3 cm³/mol. The largest absolute Gasteiger partial charge is 0.396 e. The summed E-state index contributed by atoms with van der Waals surface area (Å²) in [6, 6.07) is 7.57. The van der Waals surface area contributed by atoms with Crippen molar-refractivity contribution in [2.24, 2.45) is 0 Å². The number of hydrogen-bond acceptors (Lipinski definition) is 6. The summed E-state index contributed by atoms with van der Waals surface area (Å²) in [5, 5.41) is 11.9. The van der Waals surface area contributed by atoms with Crippen molar-refractivity contribution in [1.29, 1.82) is 0 Å². The standard InChI is InChI=1S/C14H15N3O3S/c18-7-5-10-1-3-11(4-2-10)16-14-15-9-13-12(17-14)6-8-21(13,19)20/h1-4,9,18H,5-8H2,(H,15,16,17). The SMILES string of the molecule is O=S1(=O)CCc2nc(Nc3ccc(CCO)cc3)ncc21. The zero-order valence-electron chi connectivity index (χ0n) is 11.3. The number of aromatic nitrogens is 2. The van der Waals surface area contributed by atoms with Crippen LogP contribution in [0.2, 0.25) is 0 Å². The molecule has 0 saturated carbocycles. The summed E-state index contributed by atoms with van der Waals surface area (Å²) in [7, 11) is -3.18. The third kappa shape index (κ3) is 2.88. The number of sulfone groups is 1. The maximum atomic E-state index is 11.7. The highest BCUT2D eigenvalue weighted by Crippen LogP contribution is 2.25. The Morgan fingerprint density at radius 1 is 1.24 bits per heavy atom. The number of anilines is 2. The summed E-state index contributed by atoms with van der Waals surface area (Å²) in [6.07, 6.45) is 2.42. The van der Waals surface area contributed by atoms with Crippen LogP contribution >= 0.6 is 0 Å². The minimum Gasteiger partial charge on any atom is -0.396 e. The summed E-state index contributed by atoms with van der Waals surface area (Å²) in [4.78, 5) is 8.56. The number of benzene rings is 1. The molecule has 21 heavy (non-hydrogen) atoms. The number of hydrogen-bond donors (Lipinski definition) is 2. The third-order valence-corrected chi connectivity index (χ3v) is 5.14. The van der Waals surface area contributed by atoms with E-state index in [2.05, 4.69) is 15.3 Å². The van der Waals surface area contributed by atoms with Crippen molar-refractivity contribution < 1.29 is 13.5 Å². The molecule has 2 N–H and O–H groups in total. The molecule has 0 fully saturated rings. The Kier molecular flexibility index (Phi) is 3.60. The molecule has 1 aliphatic rings. The van der Waals surface area contributed by atoms with E-state index in [4.69, 9.17) is 5.11 Å². The molecule has 2 aromatic rings. The zero-order chi connectivity index (χ0) is 14.9. The molecule has 7 heteroatoms. The van der Waals surface area contributed by atoms with Crippen LogP contribution in [0.25, 0.3) is 0 Å². The van der Waals surface area contributed by atoms with Gasteiger partial charge in [0.25, 0.3) is 0 Å². The smallest absolute Gasteiger partial charge is 0.227 e. The van der Waals surface area contributed by atoms with Crippen LogP contribution in [0.15, 0.2) is 35.4 Å². The molecule has 6 nitrogen and oxygen atoms in total. The van der Waals surface area contributed by atoms with Gasteiger partial charge in [-0.05, 0) is 24.1 Å². The lowest BCUT2D eigenvalue weighted by atomic mass is 10.1. The number of aliphatic hydroxyl groups is 1. The van der Waals surface area contributed by atoms with E-state index < -0.39 is 9.84 Å². The number of fused-ring (bicyclic) bond motifs is 1. The first-order valence-corrected chi connectivity index (χ1v) is 8.29. The average molecular weight is 305 g/mol. The molecule has 0 saturated heterocycles. The first kappa shape index (κ1) is 14.0. The summed E-state index contributed by atoms with van der Waals surface area (Å²) in [5.74, 6) is 0.497. The topological polar surface area (TPSA) is 92.2 Å². The number of nitrogens with zero attached hydrogens (tertiary/aromatic N) is 2. The van der Waals surface area contributed by atoms with Gasteiger partial charge in [0.05, 0.1) is 17.6 Å². The van der Waals surface area contributed by atoms with E-state index in [9.17, 15) is 8.42 Å². The summed E-state index contributed by atoms with van der Waals surface area (Å²) >= 11 is 0. The monoisotopic (exact) mass is 305 g/mol. The fourth-order valence-electron chi connectivity index (χ4n) is 2.26. The highest BCUT2D eigenvalue weighted by Gasteiger charge is 2.28. The molecule has 0 spiro atoms. The summed E-state index contributed by atoms with van der Waals surface area (Å²) in [6.45, 7) is 0.120. The highest BCUT2D eigenvalue weighted by atomic mass is 32.2. The highest BCUT2D eigenvalue weighted by molar-refractivity contribution is 7.91. The molecule has 110 valence electrons. The number of nitrogens with one attached hydrogen (secondary N) is 1. The van der Waals surface area contributed by atoms with E-state index in [1.807, 2.05) is 24.3 Å². The van der Waals surface area contributed by atoms with Gasteiger partial charge in [-0.25, -0.2) is 18.4 Å². The van der Waals surface area contributed by atoms with E-state index in [0.717, 1.165) is 11.3 Å². The Balaban J connectivity index is 1.80. The Morgan fingerprint density at radius 3 is 2.71 bits per heavy atom. The second-order valence-electron chi connectivity index (χ2n) is 4.87. The predicted octanol–water partition coefficient (Wildman–Crippen LogP) is 1.08. The molecule has 1 aromatic carbocycles. The third-order valence-electron chi connectivity index (χ3n) is 3.38. The van der Waals surface area contributed by atoms with Gasteiger partial charge in [0.2, 0.25) is 5.95 Å². The molecule has 3 rings (SSSR count). The quantitative estimate of drug-likeness (QED) is 0.878. The summed E-state index contributed by atoms with van der Waals surface area (Å²) in [5.41, 5.74) is 2.44. The van der Waals surface area contributed by atoms with Crippen LogP contribution in [0.5, 0.6) is 0 Å². The van der Waals surface area contributed by atoms with Crippen LogP contribution in [0.3, 0.4) is 0 Å². The molecule has 0 amide bonds. The van der Waals surface area contributed by atoms with Gasteiger partial charge in [-0.1, -0.05) is 12.1 Å². The second kappa shape index (κ2) is 5.42. The van der Waals surface area contributed by atoms with Crippen molar-refractivity contribution >= 4 is 21.5 Å². The van der Waals surface area contributed by atoms with Gasteiger partial charge in [0.1, 0.15) is 4.90 Å². The van der Waals surface area contributed by atoms with Crippen molar-refractivity contribution in [3.63, 3.8) is 0 Å². The van der Waals surface area contributed by atoms with E-state index in [0.29, 0.717) is 24.5 Å². The zero-order valence-corrected chi connectivity index (χ0v) is 12.1. The van der Waals surface area contributed by atoms with E-state index >= 15 is 0 Å². The molecule has 0 unspecified atom stereocenters. The molecular formula is C14H15N3O3S. The lowest BCUT2D eigenvalue weighted by Gasteiger charge is -2.07. The number of aliphatic hydroxyl groups excluding tert-OH is 1. The van der Waals surface area contributed by atoms with Gasteiger partial charge in [-0.3, -0.25) is 0 Å². The maximum Gasteiger partial charge on any atom is 0.227 e. The molecule has 0 bridgehead atoms. The molecule has 1 aromatic heterocycles. The first-order chi connectivity index (χ1) is 10.1. The van der Waals surface area contributed by atoms with Crippen LogP contribution < -0.4 is 5.32 Å². The lowest BCUT2D eigenvalue weighted by Crippen LogP contribution is -2.02. The molecule has 0 aliphatic carbocycles. The van der Waals surface area contributed by atoms with E-state index in [1.165, 1.54) is 6.20 Å². The van der Waals surface area contributed by atoms with Gasteiger partial charge in [0, 0.05) is 18.7 Å². The number of rotatable bonds is 4. The summed E-state index contributed by atoms with van der Waals surface area (Å²) < 4.78 is 23.4. The minimum atomic E-state index is -3.18. The van der Waals surface area contributed by atoms with Gasteiger partial charge >= 0.3 is 0 Å². The molecule has 1 aliphatic heterocycles. The molecule has 0 atom stereocenters. The van der Waals surface area contributed by atoms with Gasteiger partial charge in [-0.15, -0.1) is 0 Å². The average Bonchev–Trinajstić information content (AvgIpc) is 2.77. The van der Waals surface area contributed by atoms with Gasteiger partial charge in [-0.2, -0.15) is 0 Å². The Bertz CT molecular complexity index is 758. The van der Waals surface area contributed by atoms with Crippen LogP contribution in [0, 0.1) is 0 Å². The maximum absolute atomic E-state index is 11.7. The van der Waals surface area contributed by atoms with Crippen molar-refractivity contribution in [1.82, 2.24) is 9.97 Å². The molecule has 0 radical (unpaired) electrons. The van der Waals surface area contributed by atoms with Crippen LogP contribution in [-0.2, 0) is 22.7 Å². The van der Waals surface area contributed by atoms with Crippen molar-refractivity contribution in [2.45, 2.75) is 17.7 Å². The molecular weight excluding hydrogens is 290 g/mol. The van der Waals surface area contributed by atoms with Crippen LogP contribution in [0.1, 0.15) is 11.3 Å².